The summed E-state index contributed by atoms with van der Waals surface area (Å²) in [5, 5.41) is 10.1. The predicted octanol–water partition coefficient (Wildman–Crippen LogP) is 4.58. The lowest BCUT2D eigenvalue weighted by Gasteiger charge is -2.06. The van der Waals surface area contributed by atoms with E-state index in [1.165, 1.54) is 6.20 Å². The highest BCUT2D eigenvalue weighted by Gasteiger charge is 2.10. The molecule has 0 aliphatic heterocycles. The van der Waals surface area contributed by atoms with Crippen molar-refractivity contribution in [2.45, 2.75) is 0 Å². The predicted molar refractivity (Wildman–Crippen MR) is 69.4 cm³/mol. The Morgan fingerprint density at radius 1 is 1.06 bits per heavy atom. The molecule has 0 saturated heterocycles. The van der Waals surface area contributed by atoms with E-state index in [1.807, 2.05) is 6.07 Å². The molecule has 0 atom stereocenters. The summed E-state index contributed by atoms with van der Waals surface area (Å²) in [6.45, 7) is 0. The van der Waals surface area contributed by atoms with Crippen molar-refractivity contribution in [3.63, 3.8) is 0 Å². The van der Waals surface area contributed by atoms with Gasteiger partial charge in [0.05, 0.1) is 15.6 Å². The lowest BCUT2D eigenvalue weighted by atomic mass is 10.1. The summed E-state index contributed by atoms with van der Waals surface area (Å²) < 4.78 is 0. The summed E-state index contributed by atoms with van der Waals surface area (Å²) in [4.78, 5) is 3.96. The molecule has 0 spiro atoms. The van der Waals surface area contributed by atoms with Crippen LogP contribution < -0.4 is 0 Å². The number of rotatable bonds is 1. The maximum Gasteiger partial charge on any atom is 0.101 e. The molecule has 17 heavy (non-hydrogen) atoms. The van der Waals surface area contributed by atoms with Gasteiger partial charge in [0.2, 0.25) is 0 Å². The van der Waals surface area contributed by atoms with Crippen molar-refractivity contribution in [2.75, 3.05) is 0 Å². The van der Waals surface area contributed by atoms with Gasteiger partial charge in [0, 0.05) is 28.5 Å². The summed E-state index contributed by atoms with van der Waals surface area (Å²) in [7, 11) is 0. The SMILES string of the molecule is N#Cc1cncc(-c2cc(Cl)cc(Cl)c2Cl)c1. The van der Waals surface area contributed by atoms with Gasteiger partial charge in [0.25, 0.3) is 0 Å². The Balaban J connectivity index is 2.64. The third-order valence-corrected chi connectivity index (χ3v) is 3.19. The number of pyridine rings is 1. The first kappa shape index (κ1) is 12.2. The standard InChI is InChI=1S/C12H5Cl3N2/c13-9-2-10(12(15)11(14)3-9)8-1-7(4-16)5-17-6-8/h1-3,5-6H. The summed E-state index contributed by atoms with van der Waals surface area (Å²) in [5.74, 6) is 0. The Labute approximate surface area is 113 Å². The van der Waals surface area contributed by atoms with Crippen LogP contribution in [0.15, 0.2) is 30.6 Å². The fourth-order valence-corrected chi connectivity index (χ4v) is 2.13. The number of nitriles is 1. The van der Waals surface area contributed by atoms with E-state index in [1.54, 1.807) is 24.4 Å². The third kappa shape index (κ3) is 2.53. The zero-order valence-electron chi connectivity index (χ0n) is 8.42. The van der Waals surface area contributed by atoms with Crippen LogP contribution in [-0.4, -0.2) is 4.98 Å². The number of benzene rings is 1. The lowest BCUT2D eigenvalue weighted by Crippen LogP contribution is -1.85. The minimum absolute atomic E-state index is 0.372. The van der Waals surface area contributed by atoms with Crippen molar-refractivity contribution < 1.29 is 0 Å². The van der Waals surface area contributed by atoms with Gasteiger partial charge < -0.3 is 0 Å². The van der Waals surface area contributed by atoms with E-state index in [0.29, 0.717) is 31.8 Å². The first-order chi connectivity index (χ1) is 8.11. The third-order valence-electron chi connectivity index (χ3n) is 2.17. The Hall–Kier alpha value is -1.27. The number of hydrogen-bond donors (Lipinski definition) is 0. The molecular formula is C12H5Cl3N2. The number of nitrogens with zero attached hydrogens (tertiary/aromatic N) is 2. The lowest BCUT2D eigenvalue weighted by molar-refractivity contribution is 1.30. The van der Waals surface area contributed by atoms with Gasteiger partial charge in [-0.15, -0.1) is 0 Å². The van der Waals surface area contributed by atoms with Gasteiger partial charge in [0.1, 0.15) is 6.07 Å². The van der Waals surface area contributed by atoms with E-state index in [9.17, 15) is 0 Å². The van der Waals surface area contributed by atoms with Crippen molar-refractivity contribution in [1.29, 1.82) is 5.26 Å². The summed E-state index contributed by atoms with van der Waals surface area (Å²) in [5.41, 5.74) is 1.82. The van der Waals surface area contributed by atoms with Crippen LogP contribution in [0.5, 0.6) is 0 Å². The molecular weight excluding hydrogens is 279 g/mol. The zero-order chi connectivity index (χ0) is 12.4. The van der Waals surface area contributed by atoms with Crippen LogP contribution in [0.2, 0.25) is 15.1 Å². The average molecular weight is 284 g/mol. The van der Waals surface area contributed by atoms with Crippen LogP contribution >= 0.6 is 34.8 Å². The molecule has 1 heterocycles. The summed E-state index contributed by atoms with van der Waals surface area (Å²) in [6.07, 6.45) is 3.08. The van der Waals surface area contributed by atoms with E-state index in [0.717, 1.165) is 0 Å². The van der Waals surface area contributed by atoms with Gasteiger partial charge in [-0.3, -0.25) is 4.98 Å². The fraction of sp³-hybridized carbons (Fsp3) is 0. The highest BCUT2D eigenvalue weighted by atomic mass is 35.5. The van der Waals surface area contributed by atoms with Crippen LogP contribution in [0.3, 0.4) is 0 Å². The van der Waals surface area contributed by atoms with Gasteiger partial charge in [0.15, 0.2) is 0 Å². The van der Waals surface area contributed by atoms with Crippen molar-refractivity contribution in [3.05, 3.63) is 51.2 Å². The molecule has 84 valence electrons. The molecule has 0 radical (unpaired) electrons. The first-order valence-corrected chi connectivity index (χ1v) is 5.75. The van der Waals surface area contributed by atoms with Crippen molar-refractivity contribution in [2.24, 2.45) is 0 Å². The van der Waals surface area contributed by atoms with Crippen LogP contribution in [-0.2, 0) is 0 Å². The molecule has 0 unspecified atom stereocenters. The molecule has 1 aromatic heterocycles. The van der Waals surface area contributed by atoms with E-state index in [-0.39, 0.29) is 0 Å². The Bertz CT molecular complexity index is 618. The number of halogens is 3. The van der Waals surface area contributed by atoms with Gasteiger partial charge in [-0.05, 0) is 18.2 Å². The van der Waals surface area contributed by atoms with Gasteiger partial charge >= 0.3 is 0 Å². The zero-order valence-corrected chi connectivity index (χ0v) is 10.7. The van der Waals surface area contributed by atoms with E-state index < -0.39 is 0 Å². The molecule has 5 heteroatoms. The highest BCUT2D eigenvalue weighted by molar-refractivity contribution is 6.45. The minimum Gasteiger partial charge on any atom is -0.263 e. The van der Waals surface area contributed by atoms with E-state index in [2.05, 4.69) is 4.98 Å². The smallest absolute Gasteiger partial charge is 0.101 e. The maximum absolute atomic E-state index is 8.81. The normalized spacial score (nSPS) is 10.0. The molecule has 2 aromatic rings. The molecule has 0 fully saturated rings. The van der Waals surface area contributed by atoms with Crippen LogP contribution in [0.1, 0.15) is 5.56 Å². The van der Waals surface area contributed by atoms with Gasteiger partial charge in [-0.1, -0.05) is 34.8 Å². The van der Waals surface area contributed by atoms with Crippen molar-refractivity contribution in [1.82, 2.24) is 4.98 Å². The molecule has 2 rings (SSSR count). The van der Waals surface area contributed by atoms with Gasteiger partial charge in [-0.2, -0.15) is 5.26 Å². The maximum atomic E-state index is 8.81. The van der Waals surface area contributed by atoms with Crippen molar-refractivity contribution >= 4 is 34.8 Å². The summed E-state index contributed by atoms with van der Waals surface area (Å²) >= 11 is 18.0. The van der Waals surface area contributed by atoms with Crippen LogP contribution in [0, 0.1) is 11.3 Å². The second kappa shape index (κ2) is 4.93. The Kier molecular flexibility index (Phi) is 3.54. The molecule has 0 aliphatic carbocycles. The monoisotopic (exact) mass is 282 g/mol. The van der Waals surface area contributed by atoms with E-state index in [4.69, 9.17) is 40.1 Å². The largest absolute Gasteiger partial charge is 0.263 e. The van der Waals surface area contributed by atoms with Crippen LogP contribution in [0.25, 0.3) is 11.1 Å². The molecule has 1 aromatic carbocycles. The number of hydrogen-bond acceptors (Lipinski definition) is 2. The molecule has 0 saturated carbocycles. The average Bonchev–Trinajstić information content (AvgIpc) is 2.34. The quantitative estimate of drug-likeness (QED) is 0.718. The van der Waals surface area contributed by atoms with Gasteiger partial charge in [-0.25, -0.2) is 0 Å². The second-order valence-electron chi connectivity index (χ2n) is 3.32. The Morgan fingerprint density at radius 2 is 1.82 bits per heavy atom. The molecule has 0 amide bonds. The fourth-order valence-electron chi connectivity index (χ4n) is 1.41. The molecule has 0 aliphatic rings. The van der Waals surface area contributed by atoms with E-state index >= 15 is 0 Å². The van der Waals surface area contributed by atoms with Crippen LogP contribution in [0.4, 0.5) is 0 Å². The minimum atomic E-state index is 0.372. The molecule has 2 nitrogen and oxygen atoms in total. The Morgan fingerprint density at radius 3 is 2.53 bits per heavy atom. The molecule has 0 N–H and O–H groups in total. The second-order valence-corrected chi connectivity index (χ2v) is 4.54. The molecule has 0 bridgehead atoms. The van der Waals surface area contributed by atoms with Crippen molar-refractivity contribution in [3.8, 4) is 17.2 Å². The topological polar surface area (TPSA) is 36.7 Å². The number of aromatic nitrogens is 1. The summed E-state index contributed by atoms with van der Waals surface area (Å²) in [6, 6.07) is 6.95. The first-order valence-electron chi connectivity index (χ1n) is 4.62. The highest BCUT2D eigenvalue weighted by Crippen LogP contribution is 2.36.